The smallest absolute Gasteiger partial charge is 0.162 e. The zero-order valence-corrected chi connectivity index (χ0v) is 35.1. The molecule has 51 heavy (non-hydrogen) atoms. The van der Waals surface area contributed by atoms with Gasteiger partial charge in [-0.25, -0.2) is 0 Å². The second-order valence-electron chi connectivity index (χ2n) is 14.4. The number of benzene rings is 3. The Hall–Kier alpha value is -3.11. The summed E-state index contributed by atoms with van der Waals surface area (Å²) in [6.45, 7) is 17.0. The molecule has 6 rings (SSSR count). The van der Waals surface area contributed by atoms with Crippen LogP contribution in [0.4, 0.5) is 0 Å². The molecule has 1 saturated carbocycles. The fourth-order valence-electron chi connectivity index (χ4n) is 8.03. The molecule has 1 fully saturated rings. The summed E-state index contributed by atoms with van der Waals surface area (Å²) in [7, 11) is 0. The van der Waals surface area contributed by atoms with Gasteiger partial charge in [0.15, 0.2) is 5.78 Å². The van der Waals surface area contributed by atoms with E-state index in [0.29, 0.717) is 5.92 Å². The molecule has 0 bridgehead atoms. The number of nitrogens with zero attached hydrogens (tertiary/aromatic N) is 1. The maximum atomic E-state index is 11.7. The number of hydrogen-bond donors (Lipinski definition) is 1. The summed E-state index contributed by atoms with van der Waals surface area (Å²) < 4.78 is 1.28. The summed E-state index contributed by atoms with van der Waals surface area (Å²) >= 11 is 1.90. The van der Waals surface area contributed by atoms with Gasteiger partial charge in [-0.2, -0.15) is 0 Å². The van der Waals surface area contributed by atoms with E-state index in [4.69, 9.17) is 4.98 Å². The Morgan fingerprint density at radius 3 is 2.14 bits per heavy atom. The molecule has 1 N–H and O–H groups in total. The molecule has 0 atom stereocenters. The molecule has 3 nitrogen and oxygen atoms in total. The molecule has 5 aromatic rings. The molecule has 1 radical (unpaired) electrons. The Labute approximate surface area is 324 Å². The van der Waals surface area contributed by atoms with Gasteiger partial charge >= 0.3 is 0 Å². The minimum atomic E-state index is 0. The molecule has 0 spiro atoms. The number of ketones is 1. The normalized spacial score (nSPS) is 13.8. The Morgan fingerprint density at radius 1 is 0.882 bits per heavy atom. The molecule has 0 unspecified atom stereocenters. The molecule has 2 aromatic heterocycles. The van der Waals surface area contributed by atoms with E-state index in [-0.39, 0.29) is 43.5 Å². The molecule has 0 amide bonds. The summed E-state index contributed by atoms with van der Waals surface area (Å²) in [4.78, 5) is 18.0. The first-order chi connectivity index (χ1) is 24.1. The Morgan fingerprint density at radius 2 is 1.51 bits per heavy atom. The zero-order chi connectivity index (χ0) is 35.9. The van der Waals surface area contributed by atoms with E-state index in [1.54, 1.807) is 0 Å². The number of aliphatic hydroxyl groups is 1. The number of hydrogen-bond acceptors (Lipinski definition) is 4. The third-order valence-corrected chi connectivity index (χ3v) is 12.3. The number of carbonyl (C=O) groups is 1. The number of rotatable bonds is 10. The van der Waals surface area contributed by atoms with Crippen LogP contribution in [0.5, 0.6) is 0 Å². The van der Waals surface area contributed by atoms with Crippen molar-refractivity contribution < 1.29 is 30.0 Å². The van der Waals surface area contributed by atoms with Gasteiger partial charge in [-0.1, -0.05) is 93.8 Å². The van der Waals surface area contributed by atoms with E-state index >= 15 is 0 Å². The minimum Gasteiger partial charge on any atom is -0.512 e. The minimum absolute atomic E-state index is 0. The van der Waals surface area contributed by atoms with Gasteiger partial charge < -0.3 is 5.11 Å². The molecular formula is C46H56IrNO2S-. The van der Waals surface area contributed by atoms with Gasteiger partial charge in [0.25, 0.3) is 0 Å². The largest absolute Gasteiger partial charge is 0.512 e. The number of aliphatic hydroxyl groups excluding tert-OH is 1. The van der Waals surface area contributed by atoms with Crippen LogP contribution >= 0.6 is 11.3 Å². The topological polar surface area (TPSA) is 50.2 Å². The van der Waals surface area contributed by atoms with Crippen LogP contribution in [-0.2, 0) is 24.9 Å². The van der Waals surface area contributed by atoms with Crippen molar-refractivity contribution in [1.29, 1.82) is 0 Å². The van der Waals surface area contributed by atoms with E-state index in [2.05, 4.69) is 82.3 Å². The number of pyridine rings is 1. The molecule has 1 aliphatic rings. The third kappa shape index (κ3) is 9.10. The van der Waals surface area contributed by atoms with Crippen molar-refractivity contribution >= 4 is 38.0 Å². The van der Waals surface area contributed by atoms with Crippen molar-refractivity contribution in [2.24, 2.45) is 11.8 Å². The van der Waals surface area contributed by atoms with Gasteiger partial charge in [-0.05, 0) is 106 Å². The monoisotopic (exact) mass is 879 g/mol. The zero-order valence-electron chi connectivity index (χ0n) is 31.9. The van der Waals surface area contributed by atoms with Gasteiger partial charge in [-0.3, -0.25) is 9.78 Å². The average Bonchev–Trinajstić information content (AvgIpc) is 3.44. The molecule has 0 saturated heterocycles. The summed E-state index contributed by atoms with van der Waals surface area (Å²) in [5.41, 5.74) is 10.5. The molecular weight excluding hydrogens is 823 g/mol. The summed E-state index contributed by atoms with van der Waals surface area (Å²) in [6.07, 6.45) is 13.5. The number of thiophene rings is 1. The van der Waals surface area contributed by atoms with E-state index in [9.17, 15) is 9.90 Å². The molecule has 2 heterocycles. The van der Waals surface area contributed by atoms with Crippen molar-refractivity contribution in [3.63, 3.8) is 0 Å². The Bertz CT molecular complexity index is 1950. The quantitative estimate of drug-likeness (QED) is 0.0864. The number of aromatic nitrogens is 1. The fourth-order valence-corrected chi connectivity index (χ4v) is 9.51. The van der Waals surface area contributed by atoms with Crippen molar-refractivity contribution in [2.75, 3.05) is 0 Å². The second-order valence-corrected chi connectivity index (χ2v) is 15.4. The standard InChI is InChI=1S/C33H32NS.C13H24O2.Ir/c1-20-16-21(2)30(22(3)17-20)32-23(4)27-14-15-34-31(33(27)35-32)26-18-25-12-8-9-13-28(25)29(19-26)24-10-6-5-7-11-24;1-5-10(6-2)12(14)9-13(15)11(7-3)8-4;/h8-9,12-17,19,24H,5-7,10-11H2,1-4H3;9-11,14H,5-8H2,1-4H3;/q-1;;/b;12-9-;. The molecule has 0 aliphatic heterocycles. The number of allylic oxidation sites excluding steroid dienone is 2. The van der Waals surface area contributed by atoms with Crippen LogP contribution in [0.2, 0.25) is 0 Å². The Balaban J connectivity index is 0.000000312. The first-order valence-electron chi connectivity index (χ1n) is 19.0. The first-order valence-corrected chi connectivity index (χ1v) is 19.8. The number of carbonyl (C=O) groups excluding carboxylic acids is 1. The van der Waals surface area contributed by atoms with Gasteiger partial charge in [0.1, 0.15) is 0 Å². The van der Waals surface area contributed by atoms with Crippen LogP contribution in [0, 0.1) is 45.6 Å². The van der Waals surface area contributed by atoms with Crippen molar-refractivity contribution in [3.8, 4) is 21.7 Å². The summed E-state index contributed by atoms with van der Waals surface area (Å²) in [5.74, 6) is 1.19. The van der Waals surface area contributed by atoms with Crippen molar-refractivity contribution in [3.05, 3.63) is 100 Å². The fraction of sp³-hybridized carbons (Fsp3) is 0.435. The number of aryl methyl sites for hydroxylation is 4. The van der Waals surface area contributed by atoms with Crippen LogP contribution in [0.15, 0.2) is 66.6 Å². The van der Waals surface area contributed by atoms with E-state index in [1.807, 2.05) is 45.2 Å². The molecule has 1 aliphatic carbocycles. The Kier molecular flexibility index (Phi) is 14.8. The van der Waals surface area contributed by atoms with Crippen molar-refractivity contribution in [1.82, 2.24) is 4.98 Å². The first kappa shape index (κ1) is 40.7. The van der Waals surface area contributed by atoms with Crippen LogP contribution in [0.3, 0.4) is 0 Å². The van der Waals surface area contributed by atoms with Gasteiger partial charge in [-0.15, -0.1) is 40.5 Å². The molecule has 3 aromatic carbocycles. The molecule has 5 heteroatoms. The van der Waals surface area contributed by atoms with E-state index in [1.165, 1.54) is 97.3 Å². The van der Waals surface area contributed by atoms with Gasteiger partial charge in [0.2, 0.25) is 0 Å². The van der Waals surface area contributed by atoms with Crippen LogP contribution in [0.1, 0.15) is 119 Å². The van der Waals surface area contributed by atoms with Crippen LogP contribution in [-0.4, -0.2) is 15.9 Å². The maximum Gasteiger partial charge on any atom is 0.162 e. The number of fused-ring (bicyclic) bond motifs is 2. The van der Waals surface area contributed by atoms with Gasteiger partial charge in [0.05, 0.1) is 5.76 Å². The maximum absolute atomic E-state index is 11.7. The van der Waals surface area contributed by atoms with Crippen LogP contribution < -0.4 is 0 Å². The predicted molar refractivity (Wildman–Crippen MR) is 215 cm³/mol. The van der Waals surface area contributed by atoms with E-state index in [0.717, 1.165) is 36.9 Å². The SMILES string of the molecule is CCC(CC)C(=O)/C=C(\O)C(CC)CC.Cc1cc(C)c(-c2sc3c(-c4[c-]c5ccccc5c(C5CCCCC5)c4)nccc3c2C)c(C)c1.[Ir]. The van der Waals surface area contributed by atoms with Gasteiger partial charge in [0, 0.05) is 59.5 Å². The molecule has 273 valence electrons. The third-order valence-electron chi connectivity index (χ3n) is 10.9. The van der Waals surface area contributed by atoms with Crippen molar-refractivity contribution in [2.45, 2.75) is 119 Å². The van der Waals surface area contributed by atoms with Crippen LogP contribution in [0.25, 0.3) is 42.6 Å². The average molecular weight is 879 g/mol. The summed E-state index contributed by atoms with van der Waals surface area (Å²) in [5, 5.41) is 13.7. The summed E-state index contributed by atoms with van der Waals surface area (Å²) in [6, 6.07) is 21.8. The predicted octanol–water partition coefficient (Wildman–Crippen LogP) is 13.7. The second kappa shape index (κ2) is 18.6. The van der Waals surface area contributed by atoms with E-state index < -0.39 is 0 Å².